The van der Waals surface area contributed by atoms with Crippen LogP contribution in [0.4, 0.5) is 11.4 Å². The van der Waals surface area contributed by atoms with Crippen LogP contribution in [0.3, 0.4) is 0 Å². The molecular weight excluding hydrogens is 418 g/mol. The third-order valence-electron chi connectivity index (χ3n) is 5.38. The van der Waals surface area contributed by atoms with Crippen LogP contribution in [-0.2, 0) is 10.0 Å². The second kappa shape index (κ2) is 9.47. The molecule has 1 saturated heterocycles. The summed E-state index contributed by atoms with van der Waals surface area (Å²) >= 11 is 0. The lowest BCUT2D eigenvalue weighted by atomic mass is 10.1. The van der Waals surface area contributed by atoms with Crippen LogP contribution in [0.1, 0.15) is 17.3 Å². The molecule has 3 rings (SSSR count). The number of ether oxygens (including phenoxy) is 2. The van der Waals surface area contributed by atoms with E-state index in [1.165, 1.54) is 18.5 Å². The zero-order valence-corrected chi connectivity index (χ0v) is 19.2. The number of piperazine rings is 1. The molecule has 1 fully saturated rings. The second-order valence-corrected chi connectivity index (χ2v) is 9.17. The lowest BCUT2D eigenvalue weighted by Crippen LogP contribution is -2.49. The van der Waals surface area contributed by atoms with Gasteiger partial charge in [-0.15, -0.1) is 0 Å². The summed E-state index contributed by atoms with van der Waals surface area (Å²) in [7, 11) is -0.627. The molecule has 0 bridgehead atoms. The van der Waals surface area contributed by atoms with Gasteiger partial charge in [0.15, 0.2) is 11.5 Å². The van der Waals surface area contributed by atoms with Crippen LogP contribution < -0.4 is 18.7 Å². The van der Waals surface area contributed by atoms with Crippen LogP contribution in [0.2, 0.25) is 0 Å². The van der Waals surface area contributed by atoms with E-state index in [-0.39, 0.29) is 23.7 Å². The number of hydrogen-bond donors (Lipinski definition) is 0. The summed E-state index contributed by atoms with van der Waals surface area (Å²) in [4.78, 5) is 17.4. The van der Waals surface area contributed by atoms with Crippen LogP contribution in [0, 0.1) is 0 Å². The summed E-state index contributed by atoms with van der Waals surface area (Å²) in [6.07, 6.45) is 1.13. The Morgan fingerprint density at radius 2 is 1.58 bits per heavy atom. The third kappa shape index (κ3) is 4.87. The van der Waals surface area contributed by atoms with Crippen LogP contribution in [0.25, 0.3) is 0 Å². The lowest BCUT2D eigenvalue weighted by molar-refractivity contribution is 0.0747. The molecule has 31 heavy (non-hydrogen) atoms. The third-order valence-corrected chi connectivity index (χ3v) is 6.63. The smallest absolute Gasteiger partial charge is 0.256 e. The van der Waals surface area contributed by atoms with Gasteiger partial charge in [0.1, 0.15) is 0 Å². The molecule has 0 spiro atoms. The van der Waals surface area contributed by atoms with Gasteiger partial charge in [-0.25, -0.2) is 8.42 Å². The SMILES string of the molecule is CCN(c1cc(OC)c(OC)cc1C(=O)N1CCN(c2ccccc2)CC1)S(C)(=O)=O. The van der Waals surface area contributed by atoms with Gasteiger partial charge in [0.05, 0.1) is 31.7 Å². The number of methoxy groups -OCH3 is 2. The number of nitrogens with zero attached hydrogens (tertiary/aromatic N) is 3. The minimum Gasteiger partial charge on any atom is -0.493 e. The number of carbonyl (C=O) groups excluding carboxylic acids is 1. The van der Waals surface area contributed by atoms with Crippen molar-refractivity contribution in [3.05, 3.63) is 48.0 Å². The number of sulfonamides is 1. The summed E-state index contributed by atoms with van der Waals surface area (Å²) in [5.74, 6) is 0.512. The molecule has 1 heterocycles. The Hall–Kier alpha value is -2.94. The zero-order chi connectivity index (χ0) is 22.6. The first-order valence-electron chi connectivity index (χ1n) is 10.1. The summed E-state index contributed by atoms with van der Waals surface area (Å²) in [5.41, 5.74) is 1.69. The van der Waals surface area contributed by atoms with Gasteiger partial charge < -0.3 is 19.3 Å². The summed E-state index contributed by atoms with van der Waals surface area (Å²) in [6.45, 7) is 4.38. The van der Waals surface area contributed by atoms with E-state index in [4.69, 9.17) is 9.47 Å². The number of anilines is 2. The molecular formula is C22H29N3O5S. The Bertz CT molecular complexity index is 1020. The van der Waals surface area contributed by atoms with Crippen molar-refractivity contribution in [2.24, 2.45) is 0 Å². The molecule has 0 aromatic heterocycles. The van der Waals surface area contributed by atoms with Crippen LogP contribution in [0.15, 0.2) is 42.5 Å². The van der Waals surface area contributed by atoms with E-state index in [1.807, 2.05) is 18.2 Å². The van der Waals surface area contributed by atoms with Crippen molar-refractivity contribution in [2.45, 2.75) is 6.92 Å². The molecule has 1 aliphatic rings. The van der Waals surface area contributed by atoms with Crippen molar-refractivity contribution in [1.29, 1.82) is 0 Å². The second-order valence-electron chi connectivity index (χ2n) is 7.27. The Morgan fingerprint density at radius 1 is 1.00 bits per heavy atom. The number of amides is 1. The predicted octanol–water partition coefficient (Wildman–Crippen LogP) is 2.45. The van der Waals surface area contributed by atoms with Gasteiger partial charge in [-0.05, 0) is 25.1 Å². The first kappa shape index (κ1) is 22.7. The quantitative estimate of drug-likeness (QED) is 0.649. The van der Waals surface area contributed by atoms with Gasteiger partial charge in [0, 0.05) is 44.5 Å². The molecule has 168 valence electrons. The maximum absolute atomic E-state index is 13.5. The maximum Gasteiger partial charge on any atom is 0.256 e. The highest BCUT2D eigenvalue weighted by molar-refractivity contribution is 7.92. The van der Waals surface area contributed by atoms with Crippen molar-refractivity contribution in [3.63, 3.8) is 0 Å². The van der Waals surface area contributed by atoms with E-state index in [9.17, 15) is 13.2 Å². The number of para-hydroxylation sites is 1. The van der Waals surface area contributed by atoms with E-state index >= 15 is 0 Å². The highest BCUT2D eigenvalue weighted by Gasteiger charge is 2.29. The van der Waals surface area contributed by atoms with Gasteiger partial charge in [-0.2, -0.15) is 0 Å². The van der Waals surface area contributed by atoms with Crippen molar-refractivity contribution < 1.29 is 22.7 Å². The molecule has 1 aliphatic heterocycles. The topological polar surface area (TPSA) is 79.4 Å². The minimum atomic E-state index is -3.59. The van der Waals surface area contributed by atoms with Gasteiger partial charge in [0.25, 0.3) is 5.91 Å². The Balaban J connectivity index is 1.92. The predicted molar refractivity (Wildman–Crippen MR) is 122 cm³/mol. The largest absolute Gasteiger partial charge is 0.493 e. The van der Waals surface area contributed by atoms with Crippen molar-refractivity contribution in [2.75, 3.05) is 62.4 Å². The van der Waals surface area contributed by atoms with E-state index in [1.54, 1.807) is 24.0 Å². The van der Waals surface area contributed by atoms with Crippen LogP contribution >= 0.6 is 0 Å². The maximum atomic E-state index is 13.5. The van der Waals surface area contributed by atoms with Gasteiger partial charge in [0.2, 0.25) is 10.0 Å². The fraction of sp³-hybridized carbons (Fsp3) is 0.409. The Kier molecular flexibility index (Phi) is 6.94. The number of hydrogen-bond acceptors (Lipinski definition) is 6. The fourth-order valence-electron chi connectivity index (χ4n) is 3.81. The number of rotatable bonds is 7. The molecule has 0 unspecified atom stereocenters. The first-order chi connectivity index (χ1) is 14.8. The van der Waals surface area contributed by atoms with E-state index in [2.05, 4.69) is 17.0 Å². The minimum absolute atomic E-state index is 0.191. The standard InChI is InChI=1S/C22H29N3O5S/c1-5-25(31(4,27)28)19-16-21(30-3)20(29-2)15-18(19)22(26)24-13-11-23(12-14-24)17-9-7-6-8-10-17/h6-10,15-16H,5,11-14H2,1-4H3. The number of benzene rings is 2. The molecule has 0 N–H and O–H groups in total. The Morgan fingerprint density at radius 3 is 2.10 bits per heavy atom. The molecule has 2 aromatic rings. The molecule has 0 saturated carbocycles. The Labute approximate surface area is 184 Å². The molecule has 0 atom stereocenters. The molecule has 8 nitrogen and oxygen atoms in total. The highest BCUT2D eigenvalue weighted by Crippen LogP contribution is 2.37. The highest BCUT2D eigenvalue weighted by atomic mass is 32.2. The van der Waals surface area contributed by atoms with Crippen molar-refractivity contribution >= 4 is 27.3 Å². The van der Waals surface area contributed by atoms with E-state index < -0.39 is 10.0 Å². The average molecular weight is 448 g/mol. The van der Waals surface area contributed by atoms with Crippen molar-refractivity contribution in [3.8, 4) is 11.5 Å². The lowest BCUT2D eigenvalue weighted by Gasteiger charge is -2.36. The number of carbonyl (C=O) groups is 1. The molecule has 9 heteroatoms. The average Bonchev–Trinajstić information content (AvgIpc) is 2.78. The van der Waals surface area contributed by atoms with Crippen LogP contribution in [0.5, 0.6) is 11.5 Å². The summed E-state index contributed by atoms with van der Waals surface area (Å²) in [5, 5.41) is 0. The summed E-state index contributed by atoms with van der Waals surface area (Å²) < 4.78 is 36.7. The fourth-order valence-corrected chi connectivity index (χ4v) is 4.78. The monoisotopic (exact) mass is 447 g/mol. The van der Waals surface area contributed by atoms with Gasteiger partial charge in [-0.3, -0.25) is 9.10 Å². The van der Waals surface area contributed by atoms with E-state index in [0.29, 0.717) is 37.7 Å². The zero-order valence-electron chi connectivity index (χ0n) is 18.4. The molecule has 1 amide bonds. The molecule has 0 radical (unpaired) electrons. The van der Waals surface area contributed by atoms with Gasteiger partial charge in [-0.1, -0.05) is 18.2 Å². The first-order valence-corrected chi connectivity index (χ1v) is 12.0. The summed E-state index contributed by atoms with van der Waals surface area (Å²) in [6, 6.07) is 13.2. The van der Waals surface area contributed by atoms with Crippen molar-refractivity contribution in [1.82, 2.24) is 4.90 Å². The normalized spacial score (nSPS) is 14.3. The van der Waals surface area contributed by atoms with Crippen LogP contribution in [-0.4, -0.2) is 72.4 Å². The molecule has 2 aromatic carbocycles. The molecule has 0 aliphatic carbocycles. The van der Waals surface area contributed by atoms with Gasteiger partial charge >= 0.3 is 0 Å². The van der Waals surface area contributed by atoms with E-state index in [0.717, 1.165) is 11.9 Å².